The van der Waals surface area contributed by atoms with Crippen molar-refractivity contribution in [2.24, 2.45) is 0 Å². The van der Waals surface area contributed by atoms with E-state index in [4.69, 9.17) is 4.74 Å². The summed E-state index contributed by atoms with van der Waals surface area (Å²) in [4.78, 5) is 2.58. The van der Waals surface area contributed by atoms with Crippen LogP contribution < -0.4 is 5.32 Å². The average molecular weight is 226 g/mol. The molecule has 0 bridgehead atoms. The normalized spacial score (nSPS) is 32.8. The maximum Gasteiger partial charge on any atom is 0.0619 e. The van der Waals surface area contributed by atoms with Gasteiger partial charge in [-0.2, -0.15) is 0 Å². The van der Waals surface area contributed by atoms with Crippen LogP contribution in [0.25, 0.3) is 0 Å². The lowest BCUT2D eigenvalue weighted by atomic mass is 10.0. The van der Waals surface area contributed by atoms with E-state index in [-0.39, 0.29) is 0 Å². The lowest BCUT2D eigenvalue weighted by Crippen LogP contribution is -2.44. The van der Waals surface area contributed by atoms with Crippen LogP contribution in [0.2, 0.25) is 0 Å². The molecule has 0 aliphatic carbocycles. The van der Waals surface area contributed by atoms with Crippen molar-refractivity contribution in [2.45, 2.75) is 51.1 Å². The third-order valence-electron chi connectivity index (χ3n) is 3.92. The highest BCUT2D eigenvalue weighted by atomic mass is 16.5. The van der Waals surface area contributed by atoms with E-state index in [0.29, 0.717) is 6.04 Å². The smallest absolute Gasteiger partial charge is 0.0619 e. The molecular formula is C13H26N2O. The van der Waals surface area contributed by atoms with Crippen molar-refractivity contribution in [3.8, 4) is 0 Å². The number of rotatable bonds is 4. The Kier molecular flexibility index (Phi) is 5.07. The molecule has 2 unspecified atom stereocenters. The highest BCUT2D eigenvalue weighted by Crippen LogP contribution is 2.13. The van der Waals surface area contributed by atoms with E-state index in [1.165, 1.54) is 45.2 Å². The maximum absolute atomic E-state index is 5.45. The summed E-state index contributed by atoms with van der Waals surface area (Å²) >= 11 is 0. The predicted octanol–water partition coefficient (Wildman–Crippen LogP) is 1.63. The fourth-order valence-corrected chi connectivity index (χ4v) is 2.80. The maximum atomic E-state index is 5.45. The van der Waals surface area contributed by atoms with Crippen LogP contribution in [0.15, 0.2) is 0 Å². The van der Waals surface area contributed by atoms with Crippen molar-refractivity contribution in [3.05, 3.63) is 0 Å². The number of hydrogen-bond acceptors (Lipinski definition) is 3. The summed E-state index contributed by atoms with van der Waals surface area (Å²) in [5, 5.41) is 3.62. The Hall–Kier alpha value is -0.120. The zero-order chi connectivity index (χ0) is 11.2. The molecule has 0 aromatic heterocycles. The summed E-state index contributed by atoms with van der Waals surface area (Å²) in [5.41, 5.74) is 0. The highest BCUT2D eigenvalue weighted by molar-refractivity contribution is 4.75. The molecule has 3 nitrogen and oxygen atoms in total. The van der Waals surface area contributed by atoms with Crippen molar-refractivity contribution in [1.82, 2.24) is 10.2 Å². The Labute approximate surface area is 99.5 Å². The zero-order valence-corrected chi connectivity index (χ0v) is 10.6. The molecule has 2 saturated heterocycles. The van der Waals surface area contributed by atoms with Gasteiger partial charge in [0.1, 0.15) is 0 Å². The Morgan fingerprint density at radius 3 is 3.06 bits per heavy atom. The van der Waals surface area contributed by atoms with E-state index in [0.717, 1.165) is 25.8 Å². The average Bonchev–Trinajstić information content (AvgIpc) is 2.33. The number of ether oxygens (including phenoxy) is 1. The van der Waals surface area contributed by atoms with Gasteiger partial charge in [-0.15, -0.1) is 0 Å². The number of morpholine rings is 1. The van der Waals surface area contributed by atoms with Gasteiger partial charge in [0.2, 0.25) is 0 Å². The molecule has 16 heavy (non-hydrogen) atoms. The Balaban J connectivity index is 1.59. The minimum Gasteiger partial charge on any atom is -0.379 e. The summed E-state index contributed by atoms with van der Waals surface area (Å²) in [6, 6.07) is 1.41. The molecule has 2 atom stereocenters. The largest absolute Gasteiger partial charge is 0.379 e. The van der Waals surface area contributed by atoms with Gasteiger partial charge in [-0.25, -0.2) is 0 Å². The molecule has 94 valence electrons. The monoisotopic (exact) mass is 226 g/mol. The quantitative estimate of drug-likeness (QED) is 0.788. The molecule has 2 fully saturated rings. The van der Waals surface area contributed by atoms with E-state index in [9.17, 15) is 0 Å². The van der Waals surface area contributed by atoms with E-state index >= 15 is 0 Å². The van der Waals surface area contributed by atoms with Crippen molar-refractivity contribution in [3.63, 3.8) is 0 Å². The van der Waals surface area contributed by atoms with Crippen molar-refractivity contribution in [2.75, 3.05) is 32.8 Å². The second-order valence-electron chi connectivity index (χ2n) is 5.25. The lowest BCUT2D eigenvalue weighted by Gasteiger charge is -2.33. The molecule has 1 N–H and O–H groups in total. The molecule has 2 aliphatic heterocycles. The molecule has 0 aromatic carbocycles. The third-order valence-corrected chi connectivity index (χ3v) is 3.92. The number of hydrogen-bond donors (Lipinski definition) is 1. The van der Waals surface area contributed by atoms with Crippen molar-refractivity contribution in [1.29, 1.82) is 0 Å². The van der Waals surface area contributed by atoms with Gasteiger partial charge in [-0.1, -0.05) is 6.42 Å². The molecule has 0 amide bonds. The Morgan fingerprint density at radius 1 is 1.38 bits per heavy atom. The molecule has 2 heterocycles. The highest BCUT2D eigenvalue weighted by Gasteiger charge is 2.19. The molecule has 0 spiro atoms. The second kappa shape index (κ2) is 6.58. The first-order chi connectivity index (χ1) is 7.86. The van der Waals surface area contributed by atoms with Gasteiger partial charge < -0.3 is 10.1 Å². The number of nitrogens with one attached hydrogen (secondary N) is 1. The van der Waals surface area contributed by atoms with Crippen molar-refractivity contribution < 1.29 is 4.74 Å². The standard InChI is InChI=1S/C13H26N2O/c1-12-11-16-10-9-15(12)8-4-6-13-5-2-3-7-14-13/h12-14H,2-11H2,1H3. The summed E-state index contributed by atoms with van der Waals surface area (Å²) in [5.74, 6) is 0. The number of piperidine rings is 1. The minimum absolute atomic E-state index is 0.619. The molecule has 0 radical (unpaired) electrons. The zero-order valence-electron chi connectivity index (χ0n) is 10.6. The van der Waals surface area contributed by atoms with Crippen LogP contribution in [0.5, 0.6) is 0 Å². The van der Waals surface area contributed by atoms with Gasteiger partial charge in [0, 0.05) is 18.6 Å². The van der Waals surface area contributed by atoms with Gasteiger partial charge in [0.15, 0.2) is 0 Å². The fourth-order valence-electron chi connectivity index (χ4n) is 2.80. The summed E-state index contributed by atoms with van der Waals surface area (Å²) in [7, 11) is 0. The third kappa shape index (κ3) is 3.72. The summed E-state index contributed by atoms with van der Waals surface area (Å²) in [6.07, 6.45) is 6.87. The fraction of sp³-hybridized carbons (Fsp3) is 1.00. The Morgan fingerprint density at radius 2 is 2.31 bits per heavy atom. The van der Waals surface area contributed by atoms with Crippen LogP contribution in [0.4, 0.5) is 0 Å². The topological polar surface area (TPSA) is 24.5 Å². The first-order valence-corrected chi connectivity index (χ1v) is 6.91. The van der Waals surface area contributed by atoms with Crippen LogP contribution >= 0.6 is 0 Å². The SMILES string of the molecule is CC1COCCN1CCCC1CCCCN1. The van der Waals surface area contributed by atoms with E-state index in [1.807, 2.05) is 0 Å². The van der Waals surface area contributed by atoms with E-state index < -0.39 is 0 Å². The van der Waals surface area contributed by atoms with E-state index in [2.05, 4.69) is 17.1 Å². The molecular weight excluding hydrogens is 200 g/mol. The van der Waals surface area contributed by atoms with Gasteiger partial charge in [0.25, 0.3) is 0 Å². The van der Waals surface area contributed by atoms with Gasteiger partial charge in [-0.05, 0) is 45.7 Å². The first kappa shape index (κ1) is 12.3. The van der Waals surface area contributed by atoms with Crippen LogP contribution in [0.1, 0.15) is 39.0 Å². The lowest BCUT2D eigenvalue weighted by molar-refractivity contribution is -0.00121. The Bertz CT molecular complexity index is 192. The number of nitrogens with zero attached hydrogens (tertiary/aromatic N) is 1. The molecule has 2 rings (SSSR count). The second-order valence-corrected chi connectivity index (χ2v) is 5.25. The minimum atomic E-state index is 0.619. The molecule has 2 aliphatic rings. The summed E-state index contributed by atoms with van der Waals surface area (Å²) < 4.78 is 5.45. The van der Waals surface area contributed by atoms with Crippen LogP contribution in [-0.4, -0.2) is 49.8 Å². The van der Waals surface area contributed by atoms with Gasteiger partial charge >= 0.3 is 0 Å². The van der Waals surface area contributed by atoms with E-state index in [1.54, 1.807) is 0 Å². The van der Waals surface area contributed by atoms with Gasteiger partial charge in [-0.3, -0.25) is 4.90 Å². The van der Waals surface area contributed by atoms with Gasteiger partial charge in [0.05, 0.1) is 13.2 Å². The molecule has 3 heteroatoms. The molecule has 0 aromatic rings. The predicted molar refractivity (Wildman–Crippen MR) is 66.7 cm³/mol. The van der Waals surface area contributed by atoms with Crippen LogP contribution in [0.3, 0.4) is 0 Å². The van der Waals surface area contributed by atoms with Crippen LogP contribution in [-0.2, 0) is 4.74 Å². The van der Waals surface area contributed by atoms with Crippen molar-refractivity contribution >= 4 is 0 Å². The van der Waals surface area contributed by atoms with Crippen LogP contribution in [0, 0.1) is 0 Å². The summed E-state index contributed by atoms with van der Waals surface area (Å²) in [6.45, 7) is 7.73. The molecule has 0 saturated carbocycles. The first-order valence-electron chi connectivity index (χ1n) is 6.91.